The van der Waals surface area contributed by atoms with Crippen molar-refractivity contribution in [2.24, 2.45) is 0 Å². The second-order valence-electron chi connectivity index (χ2n) is 6.54. The Balaban J connectivity index is 1.50. The lowest BCUT2D eigenvalue weighted by atomic mass is 10.1. The number of amides is 1. The Labute approximate surface area is 163 Å². The molecule has 2 heterocycles. The highest BCUT2D eigenvalue weighted by molar-refractivity contribution is 7.92. The lowest BCUT2D eigenvalue weighted by Crippen LogP contribution is -2.27. The third-order valence-electron chi connectivity index (χ3n) is 4.54. The van der Waals surface area contributed by atoms with Gasteiger partial charge in [-0.15, -0.1) is 0 Å². The number of hydrogen-bond donors (Lipinski definition) is 1. The number of carbonyl (C=O) groups is 1. The average molecular weight is 394 g/mol. The zero-order chi connectivity index (χ0) is 19.7. The number of benzene rings is 2. The molecule has 7 nitrogen and oxygen atoms in total. The molecule has 2 aromatic carbocycles. The molecule has 0 aliphatic carbocycles. The molecule has 0 spiro atoms. The Morgan fingerprint density at radius 1 is 1.07 bits per heavy atom. The second kappa shape index (κ2) is 7.05. The quantitative estimate of drug-likeness (QED) is 0.735. The zero-order valence-corrected chi connectivity index (χ0v) is 16.0. The number of hydrogen-bond acceptors (Lipinski definition) is 5. The van der Waals surface area contributed by atoms with Crippen molar-refractivity contribution in [2.45, 2.75) is 6.42 Å². The molecule has 1 amide bonds. The molecule has 1 aliphatic rings. The van der Waals surface area contributed by atoms with Crippen molar-refractivity contribution in [1.82, 2.24) is 9.97 Å². The zero-order valence-electron chi connectivity index (χ0n) is 15.2. The summed E-state index contributed by atoms with van der Waals surface area (Å²) in [6, 6.07) is 14.6. The highest BCUT2D eigenvalue weighted by Crippen LogP contribution is 2.30. The molecule has 1 N–H and O–H groups in total. The monoisotopic (exact) mass is 394 g/mol. The number of carbonyl (C=O) groups excluding carboxylic acids is 1. The summed E-state index contributed by atoms with van der Waals surface area (Å²) in [5.41, 5.74) is 3.32. The van der Waals surface area contributed by atoms with Gasteiger partial charge in [-0.3, -0.25) is 9.10 Å². The minimum atomic E-state index is -3.31. The summed E-state index contributed by atoms with van der Waals surface area (Å²) >= 11 is 0. The van der Waals surface area contributed by atoms with E-state index in [4.69, 9.17) is 0 Å². The third kappa shape index (κ3) is 3.59. The standard InChI is InChI=1S/C20H18N4O3S/c1-28(26,27)24-10-9-15-11-16(7-8-18(15)24)20(25)23-17-12-21-19(22-13-17)14-5-3-2-4-6-14/h2-8,11-13H,9-10H2,1H3,(H,23,25). The highest BCUT2D eigenvalue weighted by atomic mass is 32.2. The molecule has 1 aliphatic heterocycles. The van der Waals surface area contributed by atoms with Crippen LogP contribution >= 0.6 is 0 Å². The van der Waals surface area contributed by atoms with Crippen LogP contribution < -0.4 is 9.62 Å². The Bertz CT molecular complexity index is 1130. The van der Waals surface area contributed by atoms with Crippen LogP contribution in [0, 0.1) is 0 Å². The van der Waals surface area contributed by atoms with Crippen LogP contribution in [-0.2, 0) is 16.4 Å². The first kappa shape index (κ1) is 18.1. The van der Waals surface area contributed by atoms with Gasteiger partial charge < -0.3 is 5.32 Å². The first-order chi connectivity index (χ1) is 13.4. The van der Waals surface area contributed by atoms with Crippen molar-refractivity contribution in [3.05, 3.63) is 72.1 Å². The van der Waals surface area contributed by atoms with Crippen molar-refractivity contribution in [2.75, 3.05) is 22.4 Å². The van der Waals surface area contributed by atoms with Gasteiger partial charge in [-0.2, -0.15) is 0 Å². The Morgan fingerprint density at radius 3 is 2.46 bits per heavy atom. The van der Waals surface area contributed by atoms with Crippen LogP contribution in [0.3, 0.4) is 0 Å². The molecule has 0 unspecified atom stereocenters. The van der Waals surface area contributed by atoms with E-state index in [1.54, 1.807) is 30.6 Å². The van der Waals surface area contributed by atoms with E-state index < -0.39 is 10.0 Å². The molecule has 142 valence electrons. The van der Waals surface area contributed by atoms with Gasteiger partial charge in [0.05, 0.1) is 30.0 Å². The maximum atomic E-state index is 12.5. The Hall–Kier alpha value is -3.26. The molecular formula is C20H18N4O3S. The summed E-state index contributed by atoms with van der Waals surface area (Å²) in [5.74, 6) is 0.286. The molecule has 0 bridgehead atoms. The molecular weight excluding hydrogens is 376 g/mol. The number of rotatable bonds is 4. The number of nitrogens with one attached hydrogen (secondary N) is 1. The summed E-state index contributed by atoms with van der Waals surface area (Å²) in [4.78, 5) is 21.1. The van der Waals surface area contributed by atoms with Gasteiger partial charge in [-0.1, -0.05) is 30.3 Å². The number of sulfonamides is 1. The summed E-state index contributed by atoms with van der Waals surface area (Å²) in [6.45, 7) is 0.397. The van der Waals surface area contributed by atoms with Crippen LogP contribution in [0.25, 0.3) is 11.4 Å². The van der Waals surface area contributed by atoms with Crippen LogP contribution in [0.4, 0.5) is 11.4 Å². The van der Waals surface area contributed by atoms with Crippen LogP contribution in [0.15, 0.2) is 60.9 Å². The van der Waals surface area contributed by atoms with Gasteiger partial charge in [0.25, 0.3) is 5.91 Å². The maximum absolute atomic E-state index is 12.5. The van der Waals surface area contributed by atoms with Crippen molar-refractivity contribution in [3.63, 3.8) is 0 Å². The first-order valence-electron chi connectivity index (χ1n) is 8.71. The van der Waals surface area contributed by atoms with Crippen LogP contribution in [0.1, 0.15) is 15.9 Å². The lowest BCUT2D eigenvalue weighted by Gasteiger charge is -2.16. The number of aromatic nitrogens is 2. The van der Waals surface area contributed by atoms with E-state index in [9.17, 15) is 13.2 Å². The van der Waals surface area contributed by atoms with Crippen LogP contribution in [0.5, 0.6) is 0 Å². The van der Waals surface area contributed by atoms with E-state index in [1.165, 1.54) is 10.6 Å². The smallest absolute Gasteiger partial charge is 0.255 e. The summed E-state index contributed by atoms with van der Waals surface area (Å²) < 4.78 is 25.0. The largest absolute Gasteiger partial charge is 0.319 e. The van der Waals surface area contributed by atoms with E-state index in [-0.39, 0.29) is 5.91 Å². The Morgan fingerprint density at radius 2 is 1.79 bits per heavy atom. The first-order valence-corrected chi connectivity index (χ1v) is 10.6. The van der Waals surface area contributed by atoms with E-state index in [0.717, 1.165) is 11.1 Å². The molecule has 3 aromatic rings. The maximum Gasteiger partial charge on any atom is 0.255 e. The normalized spacial score (nSPS) is 13.2. The van der Waals surface area contributed by atoms with E-state index in [2.05, 4.69) is 15.3 Å². The number of nitrogens with zero attached hydrogens (tertiary/aromatic N) is 3. The molecule has 28 heavy (non-hydrogen) atoms. The van der Waals surface area contributed by atoms with E-state index in [1.807, 2.05) is 30.3 Å². The van der Waals surface area contributed by atoms with Gasteiger partial charge in [0.1, 0.15) is 0 Å². The predicted molar refractivity (Wildman–Crippen MR) is 108 cm³/mol. The molecule has 0 atom stereocenters. The van der Waals surface area contributed by atoms with Gasteiger partial charge in [-0.05, 0) is 30.2 Å². The predicted octanol–water partition coefficient (Wildman–Crippen LogP) is 2.72. The SMILES string of the molecule is CS(=O)(=O)N1CCc2cc(C(=O)Nc3cnc(-c4ccccc4)nc3)ccc21. The van der Waals surface area contributed by atoms with Gasteiger partial charge in [-0.25, -0.2) is 18.4 Å². The fraction of sp³-hybridized carbons (Fsp3) is 0.150. The number of fused-ring (bicyclic) bond motifs is 1. The lowest BCUT2D eigenvalue weighted by molar-refractivity contribution is 0.102. The fourth-order valence-electron chi connectivity index (χ4n) is 3.19. The van der Waals surface area contributed by atoms with Gasteiger partial charge >= 0.3 is 0 Å². The van der Waals surface area contributed by atoms with Crippen molar-refractivity contribution >= 4 is 27.3 Å². The molecule has 8 heteroatoms. The average Bonchev–Trinajstić information content (AvgIpc) is 3.13. The van der Waals surface area contributed by atoms with E-state index >= 15 is 0 Å². The summed E-state index contributed by atoms with van der Waals surface area (Å²) in [5, 5.41) is 2.77. The molecule has 0 radical (unpaired) electrons. The fourth-order valence-corrected chi connectivity index (χ4v) is 4.15. The minimum absolute atomic E-state index is 0.295. The second-order valence-corrected chi connectivity index (χ2v) is 8.45. The topological polar surface area (TPSA) is 92.3 Å². The van der Waals surface area contributed by atoms with Gasteiger partial charge in [0.2, 0.25) is 10.0 Å². The van der Waals surface area contributed by atoms with Crippen LogP contribution in [-0.4, -0.2) is 37.1 Å². The van der Waals surface area contributed by atoms with Crippen molar-refractivity contribution < 1.29 is 13.2 Å². The van der Waals surface area contributed by atoms with Crippen molar-refractivity contribution in [1.29, 1.82) is 0 Å². The molecule has 4 rings (SSSR count). The molecule has 1 aromatic heterocycles. The van der Waals surface area contributed by atoms with Crippen LogP contribution in [0.2, 0.25) is 0 Å². The van der Waals surface area contributed by atoms with Crippen molar-refractivity contribution in [3.8, 4) is 11.4 Å². The summed E-state index contributed by atoms with van der Waals surface area (Å²) in [6.07, 6.45) is 4.89. The molecule has 0 saturated heterocycles. The molecule has 0 saturated carbocycles. The third-order valence-corrected chi connectivity index (χ3v) is 5.72. The number of anilines is 2. The van der Waals surface area contributed by atoms with E-state index in [0.29, 0.717) is 35.7 Å². The van der Waals surface area contributed by atoms with Gasteiger partial charge in [0.15, 0.2) is 5.82 Å². The highest BCUT2D eigenvalue weighted by Gasteiger charge is 2.26. The Kier molecular flexibility index (Phi) is 4.56. The minimum Gasteiger partial charge on any atom is -0.319 e. The molecule has 0 fully saturated rings. The summed E-state index contributed by atoms with van der Waals surface area (Å²) in [7, 11) is -3.31. The van der Waals surface area contributed by atoms with Gasteiger partial charge in [0, 0.05) is 17.7 Å².